The second-order valence-electron chi connectivity index (χ2n) is 8.97. The lowest BCUT2D eigenvalue weighted by atomic mass is 9.96. The quantitative estimate of drug-likeness (QED) is 0.368. The number of hydrogen-bond donors (Lipinski definition) is 1. The van der Waals surface area contributed by atoms with Gasteiger partial charge in [0.2, 0.25) is 5.82 Å². The Morgan fingerprint density at radius 2 is 1.89 bits per heavy atom. The van der Waals surface area contributed by atoms with E-state index in [1.165, 1.54) is 17.4 Å². The Bertz CT molecular complexity index is 1290. The summed E-state index contributed by atoms with van der Waals surface area (Å²) in [6, 6.07) is 18.5. The van der Waals surface area contributed by atoms with Crippen LogP contribution < -0.4 is 5.32 Å². The fraction of sp³-hybridized carbons (Fsp3) is 0.296. The number of carbonyl (C=O) groups excluding carboxylic acids is 1. The smallest absolute Gasteiger partial charge is 0.261 e. The van der Waals surface area contributed by atoms with E-state index in [1.807, 2.05) is 49.4 Å². The second-order valence-corrected chi connectivity index (χ2v) is 10.1. The average Bonchev–Trinajstić information content (AvgIpc) is 3.56. The Hall–Kier alpha value is -3.36. The summed E-state index contributed by atoms with van der Waals surface area (Å²) in [5.74, 6) is 1.12. The Kier molecular flexibility index (Phi) is 7.01. The molecule has 1 amide bonds. The Balaban J connectivity index is 1.11. The Labute approximate surface area is 207 Å². The van der Waals surface area contributed by atoms with E-state index in [0.29, 0.717) is 35.6 Å². The molecule has 180 valence electrons. The number of thiophene rings is 1. The van der Waals surface area contributed by atoms with Gasteiger partial charge in [-0.3, -0.25) is 9.69 Å². The number of nitrogens with zero attached hydrogens (tertiary/aromatic N) is 3. The topological polar surface area (TPSA) is 71.3 Å². The number of aryl methyl sites for hydroxylation is 1. The monoisotopic (exact) mass is 490 g/mol. The van der Waals surface area contributed by atoms with Crippen molar-refractivity contribution in [1.29, 1.82) is 0 Å². The van der Waals surface area contributed by atoms with Crippen molar-refractivity contribution in [1.82, 2.24) is 20.4 Å². The third kappa shape index (κ3) is 5.66. The summed E-state index contributed by atoms with van der Waals surface area (Å²) in [7, 11) is 0. The van der Waals surface area contributed by atoms with Crippen LogP contribution in [0.4, 0.5) is 4.39 Å². The van der Waals surface area contributed by atoms with Gasteiger partial charge in [-0.25, -0.2) is 4.39 Å². The molecule has 2 aromatic carbocycles. The van der Waals surface area contributed by atoms with Crippen molar-refractivity contribution in [3.05, 3.63) is 82.5 Å². The molecule has 0 atom stereocenters. The van der Waals surface area contributed by atoms with E-state index in [0.717, 1.165) is 47.5 Å². The van der Waals surface area contributed by atoms with E-state index in [1.54, 1.807) is 12.1 Å². The van der Waals surface area contributed by atoms with Gasteiger partial charge >= 0.3 is 0 Å². The van der Waals surface area contributed by atoms with Gasteiger partial charge in [-0.15, -0.1) is 11.3 Å². The van der Waals surface area contributed by atoms with E-state index >= 15 is 0 Å². The fourth-order valence-electron chi connectivity index (χ4n) is 4.26. The van der Waals surface area contributed by atoms with Crippen molar-refractivity contribution < 1.29 is 13.7 Å². The molecule has 0 aliphatic carbocycles. The minimum Gasteiger partial charge on any atom is -0.351 e. The molecule has 0 unspecified atom stereocenters. The summed E-state index contributed by atoms with van der Waals surface area (Å²) < 4.78 is 19.3. The first-order valence-corrected chi connectivity index (χ1v) is 12.6. The molecule has 4 aromatic rings. The van der Waals surface area contributed by atoms with Crippen LogP contribution in [-0.4, -0.2) is 40.6 Å². The van der Waals surface area contributed by atoms with Crippen LogP contribution in [0.2, 0.25) is 0 Å². The van der Waals surface area contributed by atoms with E-state index in [2.05, 4.69) is 20.4 Å². The van der Waals surface area contributed by atoms with Gasteiger partial charge in [0.25, 0.3) is 11.8 Å². The number of likely N-dealkylation sites (tertiary alicyclic amines) is 1. The maximum absolute atomic E-state index is 13.9. The van der Waals surface area contributed by atoms with Gasteiger partial charge in [0.05, 0.1) is 9.75 Å². The number of rotatable bonds is 7. The molecular formula is C27H27FN4O2S. The largest absolute Gasteiger partial charge is 0.351 e. The highest BCUT2D eigenvalue weighted by Crippen LogP contribution is 2.28. The van der Waals surface area contributed by atoms with Crippen LogP contribution in [0.1, 0.15) is 33.6 Å². The molecule has 1 aliphatic rings. The van der Waals surface area contributed by atoms with Crippen molar-refractivity contribution in [2.75, 3.05) is 19.6 Å². The van der Waals surface area contributed by atoms with Gasteiger partial charge in [0, 0.05) is 24.2 Å². The summed E-state index contributed by atoms with van der Waals surface area (Å²) in [6.45, 7) is 5.10. The zero-order valence-corrected chi connectivity index (χ0v) is 20.4. The van der Waals surface area contributed by atoms with Gasteiger partial charge in [-0.1, -0.05) is 41.1 Å². The minimum atomic E-state index is -0.149. The molecule has 1 saturated heterocycles. The molecule has 1 N–H and O–H groups in total. The molecule has 0 saturated carbocycles. The zero-order chi connectivity index (χ0) is 24.2. The highest BCUT2D eigenvalue weighted by atomic mass is 32.1. The van der Waals surface area contributed by atoms with Crippen LogP contribution in [0.3, 0.4) is 0 Å². The molecule has 3 heterocycles. The van der Waals surface area contributed by atoms with Crippen LogP contribution in [0.15, 0.2) is 65.2 Å². The van der Waals surface area contributed by atoms with Crippen molar-refractivity contribution in [2.45, 2.75) is 26.3 Å². The van der Waals surface area contributed by atoms with Gasteiger partial charge in [-0.2, -0.15) is 4.98 Å². The predicted molar refractivity (Wildman–Crippen MR) is 135 cm³/mol. The van der Waals surface area contributed by atoms with Crippen LogP contribution in [-0.2, 0) is 6.54 Å². The molecule has 5 rings (SSSR count). The summed E-state index contributed by atoms with van der Waals surface area (Å²) in [6.07, 6.45) is 1.96. The van der Waals surface area contributed by atoms with E-state index in [4.69, 9.17) is 4.52 Å². The summed E-state index contributed by atoms with van der Waals surface area (Å²) >= 11 is 1.35. The van der Waals surface area contributed by atoms with Gasteiger partial charge < -0.3 is 9.84 Å². The summed E-state index contributed by atoms with van der Waals surface area (Å²) in [5.41, 5.74) is 2.76. The fourth-order valence-corrected chi connectivity index (χ4v) is 5.11. The van der Waals surface area contributed by atoms with Crippen LogP contribution in [0.25, 0.3) is 22.2 Å². The lowest BCUT2D eigenvalue weighted by Crippen LogP contribution is -2.38. The molecule has 2 aromatic heterocycles. The molecular weight excluding hydrogens is 463 g/mol. The maximum atomic E-state index is 13.9. The molecule has 0 spiro atoms. The van der Waals surface area contributed by atoms with Crippen LogP contribution in [0.5, 0.6) is 0 Å². The second kappa shape index (κ2) is 10.5. The van der Waals surface area contributed by atoms with Crippen LogP contribution >= 0.6 is 11.3 Å². The maximum Gasteiger partial charge on any atom is 0.261 e. The standard InChI is InChI=1S/C27H27FN4O2S/c1-18-6-8-20(9-7-18)27-30-25(31-34-27)23-10-11-24(35-23)26(33)29-16-19-12-14-32(15-13-19)17-21-4-2-3-5-22(21)28/h2-11,19H,12-17H2,1H3,(H,29,33). The predicted octanol–water partition coefficient (Wildman–Crippen LogP) is 5.55. The van der Waals surface area contributed by atoms with Crippen molar-refractivity contribution >= 4 is 17.2 Å². The van der Waals surface area contributed by atoms with Gasteiger partial charge in [0.1, 0.15) is 5.82 Å². The SMILES string of the molecule is Cc1ccc(-c2nc(-c3ccc(C(=O)NCC4CCN(Cc5ccccc5F)CC4)s3)no2)cc1. The van der Waals surface area contributed by atoms with Crippen molar-refractivity contribution in [3.63, 3.8) is 0 Å². The van der Waals surface area contributed by atoms with E-state index in [-0.39, 0.29) is 11.7 Å². The number of aromatic nitrogens is 2. The normalized spacial score (nSPS) is 14.8. The highest BCUT2D eigenvalue weighted by molar-refractivity contribution is 7.17. The van der Waals surface area contributed by atoms with Gasteiger partial charge in [0.15, 0.2) is 0 Å². The number of piperidine rings is 1. The summed E-state index contributed by atoms with van der Waals surface area (Å²) in [4.78, 5) is 20.9. The third-order valence-corrected chi connectivity index (χ3v) is 7.46. The molecule has 1 fully saturated rings. The minimum absolute atomic E-state index is 0.0858. The van der Waals surface area contributed by atoms with E-state index in [9.17, 15) is 9.18 Å². The summed E-state index contributed by atoms with van der Waals surface area (Å²) in [5, 5.41) is 7.16. The van der Waals surface area contributed by atoms with Crippen LogP contribution in [0, 0.1) is 18.7 Å². The lowest BCUT2D eigenvalue weighted by Gasteiger charge is -2.32. The average molecular weight is 491 g/mol. The number of nitrogens with one attached hydrogen (secondary N) is 1. The Morgan fingerprint density at radius 1 is 1.11 bits per heavy atom. The zero-order valence-electron chi connectivity index (χ0n) is 19.5. The third-order valence-electron chi connectivity index (χ3n) is 6.38. The molecule has 8 heteroatoms. The highest BCUT2D eigenvalue weighted by Gasteiger charge is 2.21. The lowest BCUT2D eigenvalue weighted by molar-refractivity contribution is 0.0939. The molecule has 1 aliphatic heterocycles. The number of carbonyl (C=O) groups is 1. The number of halogens is 1. The van der Waals surface area contributed by atoms with Crippen molar-refractivity contribution in [2.24, 2.45) is 5.92 Å². The first-order valence-electron chi connectivity index (χ1n) is 11.8. The number of hydrogen-bond acceptors (Lipinski definition) is 6. The number of amides is 1. The molecule has 0 bridgehead atoms. The van der Waals surface area contributed by atoms with E-state index < -0.39 is 0 Å². The molecule has 0 radical (unpaired) electrons. The Morgan fingerprint density at radius 3 is 2.66 bits per heavy atom. The molecule has 6 nitrogen and oxygen atoms in total. The molecule has 35 heavy (non-hydrogen) atoms. The van der Waals surface area contributed by atoms with Gasteiger partial charge in [-0.05, 0) is 69.1 Å². The number of benzene rings is 2. The first kappa shape index (κ1) is 23.4. The first-order chi connectivity index (χ1) is 17.0. The van der Waals surface area contributed by atoms with Crippen molar-refractivity contribution in [3.8, 4) is 22.2 Å².